The molecule has 6 heteroatoms. The molecule has 18 heavy (non-hydrogen) atoms. The number of piperidine rings is 1. The van der Waals surface area contributed by atoms with E-state index in [4.69, 9.17) is 5.11 Å². The topological polar surface area (TPSA) is 58.4 Å². The van der Waals surface area contributed by atoms with E-state index in [9.17, 15) is 4.79 Å². The number of carboxylic acid groups (broad SMARTS) is 1. The normalized spacial score (nSPS) is 21.1. The van der Waals surface area contributed by atoms with E-state index in [0.717, 1.165) is 18.2 Å². The van der Waals surface area contributed by atoms with Crippen molar-refractivity contribution in [2.45, 2.75) is 37.0 Å². The fourth-order valence-corrected chi connectivity index (χ4v) is 2.99. The van der Waals surface area contributed by atoms with Gasteiger partial charge in [0.2, 0.25) is 0 Å². The molecule has 0 aliphatic carbocycles. The molecular weight excluding hydrogens is 250 g/mol. The lowest BCUT2D eigenvalue weighted by molar-refractivity contribution is -0.133. The van der Waals surface area contributed by atoms with Gasteiger partial charge in [-0.1, -0.05) is 18.2 Å². The molecule has 0 spiro atoms. The Morgan fingerprint density at radius 3 is 3.17 bits per heavy atom. The number of carbonyl (C=O) groups is 1. The first-order chi connectivity index (χ1) is 8.66. The van der Waals surface area contributed by atoms with Crippen LogP contribution in [0.15, 0.2) is 17.6 Å². The fourth-order valence-electron chi connectivity index (χ4n) is 2.30. The Morgan fingerprint density at radius 2 is 2.44 bits per heavy atom. The second-order valence-corrected chi connectivity index (χ2v) is 5.62. The number of aromatic nitrogens is 2. The molecule has 1 unspecified atom stereocenters. The Kier molecular flexibility index (Phi) is 4.66. The molecule has 1 aromatic heterocycles. The largest absolute Gasteiger partial charge is 0.481 e. The van der Waals surface area contributed by atoms with Gasteiger partial charge in [-0.05, 0) is 26.4 Å². The highest BCUT2D eigenvalue weighted by Gasteiger charge is 2.20. The highest BCUT2D eigenvalue weighted by molar-refractivity contribution is 7.99. The monoisotopic (exact) mass is 269 g/mol. The molecule has 1 atom stereocenters. The van der Waals surface area contributed by atoms with Gasteiger partial charge in [0.15, 0.2) is 5.16 Å². The van der Waals surface area contributed by atoms with Gasteiger partial charge in [-0.15, -0.1) is 0 Å². The summed E-state index contributed by atoms with van der Waals surface area (Å²) in [6.45, 7) is 2.05. The molecule has 2 rings (SSSR count). The molecule has 2 heterocycles. The van der Waals surface area contributed by atoms with Gasteiger partial charge in [0.05, 0.1) is 5.75 Å². The van der Waals surface area contributed by atoms with Gasteiger partial charge >= 0.3 is 5.97 Å². The predicted molar refractivity (Wildman–Crippen MR) is 70.9 cm³/mol. The van der Waals surface area contributed by atoms with E-state index in [1.54, 1.807) is 6.20 Å². The van der Waals surface area contributed by atoms with E-state index in [0.29, 0.717) is 6.04 Å². The molecule has 0 radical (unpaired) electrons. The Morgan fingerprint density at radius 1 is 1.61 bits per heavy atom. The van der Waals surface area contributed by atoms with E-state index in [1.807, 2.05) is 6.20 Å². The summed E-state index contributed by atoms with van der Waals surface area (Å²) in [6, 6.07) is 0.539. The van der Waals surface area contributed by atoms with E-state index in [-0.39, 0.29) is 5.75 Å². The molecule has 1 aromatic rings. The summed E-state index contributed by atoms with van der Waals surface area (Å²) in [5.41, 5.74) is 0. The van der Waals surface area contributed by atoms with Gasteiger partial charge in [0.1, 0.15) is 0 Å². The summed E-state index contributed by atoms with van der Waals surface area (Å²) >= 11 is 1.29. The van der Waals surface area contributed by atoms with E-state index < -0.39 is 5.97 Å². The molecule has 1 saturated heterocycles. The van der Waals surface area contributed by atoms with Crippen molar-refractivity contribution in [3.63, 3.8) is 0 Å². The highest BCUT2D eigenvalue weighted by atomic mass is 32.2. The molecule has 0 amide bonds. The van der Waals surface area contributed by atoms with Crippen molar-refractivity contribution in [2.75, 3.05) is 19.3 Å². The third-order valence-electron chi connectivity index (χ3n) is 3.33. The van der Waals surface area contributed by atoms with Crippen LogP contribution in [0.2, 0.25) is 0 Å². The molecule has 1 aliphatic heterocycles. The van der Waals surface area contributed by atoms with Crippen LogP contribution < -0.4 is 0 Å². The summed E-state index contributed by atoms with van der Waals surface area (Å²) in [4.78, 5) is 17.2. The lowest BCUT2D eigenvalue weighted by Gasteiger charge is -2.32. The first-order valence-electron chi connectivity index (χ1n) is 6.23. The van der Waals surface area contributed by atoms with Crippen LogP contribution in [0.1, 0.15) is 19.3 Å². The zero-order valence-corrected chi connectivity index (χ0v) is 11.4. The summed E-state index contributed by atoms with van der Waals surface area (Å²) in [7, 11) is 2.16. The molecule has 0 saturated carbocycles. The van der Waals surface area contributed by atoms with Gasteiger partial charge in [-0.2, -0.15) is 0 Å². The van der Waals surface area contributed by atoms with Crippen LogP contribution in [-0.2, 0) is 11.3 Å². The number of hydrogen-bond acceptors (Lipinski definition) is 4. The minimum atomic E-state index is -0.802. The SMILES string of the molecule is CN1CCCCC1Cn1ccnc1SCC(=O)O. The average Bonchev–Trinajstić information content (AvgIpc) is 2.77. The smallest absolute Gasteiger partial charge is 0.313 e. The maximum atomic E-state index is 10.6. The molecule has 1 aliphatic rings. The minimum Gasteiger partial charge on any atom is -0.481 e. The van der Waals surface area contributed by atoms with Crippen molar-refractivity contribution in [3.8, 4) is 0 Å². The number of likely N-dealkylation sites (tertiary alicyclic amines) is 1. The van der Waals surface area contributed by atoms with Crippen molar-refractivity contribution in [3.05, 3.63) is 12.4 Å². The Hall–Kier alpha value is -1.01. The first kappa shape index (κ1) is 13.4. The van der Waals surface area contributed by atoms with E-state index >= 15 is 0 Å². The van der Waals surface area contributed by atoms with Crippen LogP contribution in [0, 0.1) is 0 Å². The molecular formula is C12H19N3O2S. The number of rotatable bonds is 5. The second-order valence-electron chi connectivity index (χ2n) is 4.67. The van der Waals surface area contributed by atoms with Crippen molar-refractivity contribution < 1.29 is 9.90 Å². The molecule has 1 fully saturated rings. The zero-order chi connectivity index (χ0) is 13.0. The maximum absolute atomic E-state index is 10.6. The molecule has 0 bridgehead atoms. The molecule has 1 N–H and O–H groups in total. The van der Waals surface area contributed by atoms with Crippen molar-refractivity contribution in [1.82, 2.24) is 14.5 Å². The number of carboxylic acids is 1. The van der Waals surface area contributed by atoms with Crippen molar-refractivity contribution in [1.29, 1.82) is 0 Å². The van der Waals surface area contributed by atoms with Crippen LogP contribution in [-0.4, -0.2) is 50.9 Å². The quantitative estimate of drug-likeness (QED) is 0.822. The third kappa shape index (κ3) is 3.49. The van der Waals surface area contributed by atoms with Crippen LogP contribution in [0.25, 0.3) is 0 Å². The lowest BCUT2D eigenvalue weighted by Crippen LogP contribution is -2.39. The standard InChI is InChI=1S/C12H19N3O2S/c1-14-6-3-2-4-10(14)8-15-7-5-13-12(15)18-9-11(16)17/h5,7,10H,2-4,6,8-9H2,1H3,(H,16,17). The summed E-state index contributed by atoms with van der Waals surface area (Å²) < 4.78 is 2.07. The Labute approximate surface area is 111 Å². The van der Waals surface area contributed by atoms with Gasteiger partial charge < -0.3 is 14.6 Å². The minimum absolute atomic E-state index is 0.0670. The van der Waals surface area contributed by atoms with Crippen LogP contribution in [0.4, 0.5) is 0 Å². The van der Waals surface area contributed by atoms with Gasteiger partial charge in [0.25, 0.3) is 0 Å². The molecule has 100 valence electrons. The lowest BCUT2D eigenvalue weighted by atomic mass is 10.0. The highest BCUT2D eigenvalue weighted by Crippen LogP contribution is 2.20. The maximum Gasteiger partial charge on any atom is 0.313 e. The number of thioether (sulfide) groups is 1. The average molecular weight is 269 g/mol. The van der Waals surface area contributed by atoms with Crippen LogP contribution in [0.5, 0.6) is 0 Å². The summed E-state index contributed by atoms with van der Waals surface area (Å²) in [5.74, 6) is -0.735. The van der Waals surface area contributed by atoms with E-state index in [1.165, 1.54) is 31.0 Å². The van der Waals surface area contributed by atoms with Gasteiger partial charge in [-0.3, -0.25) is 4.79 Å². The Bertz CT molecular complexity index is 408. The summed E-state index contributed by atoms with van der Waals surface area (Å²) in [6.07, 6.45) is 7.44. The number of nitrogens with zero attached hydrogens (tertiary/aromatic N) is 3. The third-order valence-corrected chi connectivity index (χ3v) is 4.32. The number of aliphatic carboxylic acids is 1. The van der Waals surface area contributed by atoms with Gasteiger partial charge in [0, 0.05) is 25.0 Å². The Balaban J connectivity index is 1.96. The fraction of sp³-hybridized carbons (Fsp3) is 0.667. The zero-order valence-electron chi connectivity index (χ0n) is 10.6. The van der Waals surface area contributed by atoms with Crippen molar-refractivity contribution >= 4 is 17.7 Å². The predicted octanol–water partition coefficient (Wildman–Crippen LogP) is 1.54. The second kappa shape index (κ2) is 6.24. The molecule has 0 aromatic carbocycles. The van der Waals surface area contributed by atoms with Crippen molar-refractivity contribution in [2.24, 2.45) is 0 Å². The summed E-state index contributed by atoms with van der Waals surface area (Å²) in [5, 5.41) is 9.50. The molecule has 5 nitrogen and oxygen atoms in total. The van der Waals surface area contributed by atoms with Crippen LogP contribution >= 0.6 is 11.8 Å². The van der Waals surface area contributed by atoms with Crippen LogP contribution in [0.3, 0.4) is 0 Å². The van der Waals surface area contributed by atoms with Gasteiger partial charge in [-0.25, -0.2) is 4.98 Å². The van der Waals surface area contributed by atoms with E-state index in [2.05, 4.69) is 21.5 Å². The number of hydrogen-bond donors (Lipinski definition) is 1. The number of likely N-dealkylation sites (N-methyl/N-ethyl adjacent to an activating group) is 1. The first-order valence-corrected chi connectivity index (χ1v) is 7.21. The number of imidazole rings is 1.